The van der Waals surface area contributed by atoms with Crippen LogP contribution in [0.15, 0.2) is 0 Å². The Balaban J connectivity index is 2.58. The lowest BCUT2D eigenvalue weighted by Crippen LogP contribution is -2.51. The highest BCUT2D eigenvalue weighted by atomic mass is 19.4. The van der Waals surface area contributed by atoms with Gasteiger partial charge in [-0.1, -0.05) is 6.42 Å². The number of aliphatic hydroxyl groups is 1. The zero-order valence-corrected chi connectivity index (χ0v) is 9.46. The van der Waals surface area contributed by atoms with Gasteiger partial charge in [-0.05, 0) is 19.4 Å². The van der Waals surface area contributed by atoms with E-state index in [2.05, 4.69) is 5.32 Å². The Hall–Kier alpha value is -0.820. The second kappa shape index (κ2) is 6.20. The highest BCUT2D eigenvalue weighted by Crippen LogP contribution is 2.18. The van der Waals surface area contributed by atoms with E-state index in [-0.39, 0.29) is 6.54 Å². The molecule has 0 saturated carbocycles. The summed E-state index contributed by atoms with van der Waals surface area (Å²) in [6.45, 7) is -1.40. The molecule has 0 bridgehead atoms. The van der Waals surface area contributed by atoms with Crippen molar-refractivity contribution in [2.24, 2.45) is 0 Å². The van der Waals surface area contributed by atoms with Gasteiger partial charge < -0.3 is 15.3 Å². The third-order valence-electron chi connectivity index (χ3n) is 2.66. The minimum Gasteiger partial charge on any atom is -0.395 e. The van der Waals surface area contributed by atoms with Crippen LogP contribution in [0.2, 0.25) is 0 Å². The molecule has 1 amide bonds. The van der Waals surface area contributed by atoms with E-state index in [1.54, 1.807) is 0 Å². The highest BCUT2D eigenvalue weighted by molar-refractivity contribution is 5.82. The number of amides is 1. The molecule has 100 valence electrons. The average molecular weight is 254 g/mol. The summed E-state index contributed by atoms with van der Waals surface area (Å²) in [7, 11) is 0. The Morgan fingerprint density at radius 1 is 1.41 bits per heavy atom. The Morgan fingerprint density at radius 3 is 2.59 bits per heavy atom. The van der Waals surface area contributed by atoms with Crippen molar-refractivity contribution in [2.75, 3.05) is 26.2 Å². The molecule has 7 heteroatoms. The molecular formula is C10H17F3N2O2. The summed E-state index contributed by atoms with van der Waals surface area (Å²) < 4.78 is 36.8. The zero-order valence-electron chi connectivity index (χ0n) is 9.46. The smallest absolute Gasteiger partial charge is 0.395 e. The van der Waals surface area contributed by atoms with Crippen molar-refractivity contribution >= 4 is 5.91 Å². The van der Waals surface area contributed by atoms with Gasteiger partial charge in [0.1, 0.15) is 6.54 Å². The lowest BCUT2D eigenvalue weighted by Gasteiger charge is -2.30. The van der Waals surface area contributed by atoms with Crippen molar-refractivity contribution in [3.63, 3.8) is 0 Å². The normalized spacial score (nSPS) is 21.3. The van der Waals surface area contributed by atoms with E-state index in [9.17, 15) is 18.0 Å². The zero-order chi connectivity index (χ0) is 12.9. The molecule has 1 aliphatic heterocycles. The lowest BCUT2D eigenvalue weighted by atomic mass is 10.0. The van der Waals surface area contributed by atoms with Gasteiger partial charge >= 0.3 is 6.18 Å². The number of piperidine rings is 1. The van der Waals surface area contributed by atoms with Crippen molar-refractivity contribution in [1.29, 1.82) is 0 Å². The Morgan fingerprint density at radius 2 is 2.12 bits per heavy atom. The summed E-state index contributed by atoms with van der Waals surface area (Å²) in [5.74, 6) is -0.573. The number of carbonyl (C=O) groups excluding carboxylic acids is 1. The number of alkyl halides is 3. The molecule has 17 heavy (non-hydrogen) atoms. The van der Waals surface area contributed by atoms with Crippen molar-refractivity contribution in [1.82, 2.24) is 10.2 Å². The predicted octanol–water partition coefficient (Wildman–Crippen LogP) is 0.512. The third kappa shape index (κ3) is 4.91. The topological polar surface area (TPSA) is 52.6 Å². The van der Waals surface area contributed by atoms with Crippen LogP contribution in [-0.4, -0.2) is 54.4 Å². The summed E-state index contributed by atoms with van der Waals surface area (Å²) in [6, 6.07) is -0.544. The molecule has 1 rings (SSSR count). The molecule has 1 aliphatic rings. The fraction of sp³-hybridized carbons (Fsp3) is 0.900. The van der Waals surface area contributed by atoms with Gasteiger partial charge in [-0.3, -0.25) is 4.79 Å². The van der Waals surface area contributed by atoms with Gasteiger partial charge in [0.25, 0.3) is 0 Å². The van der Waals surface area contributed by atoms with Crippen molar-refractivity contribution in [3.8, 4) is 0 Å². The number of hydrogen-bond acceptors (Lipinski definition) is 3. The molecule has 0 aliphatic carbocycles. The quantitative estimate of drug-likeness (QED) is 0.768. The van der Waals surface area contributed by atoms with Crippen LogP contribution >= 0.6 is 0 Å². The first-order valence-electron chi connectivity index (χ1n) is 5.64. The number of nitrogens with zero attached hydrogens (tertiary/aromatic N) is 1. The van der Waals surface area contributed by atoms with Crippen molar-refractivity contribution in [2.45, 2.75) is 31.5 Å². The third-order valence-corrected chi connectivity index (χ3v) is 2.66. The van der Waals surface area contributed by atoms with Crippen LogP contribution in [0.5, 0.6) is 0 Å². The second-order valence-corrected chi connectivity index (χ2v) is 4.10. The number of rotatable bonds is 4. The van der Waals surface area contributed by atoms with Gasteiger partial charge in [0, 0.05) is 6.54 Å². The van der Waals surface area contributed by atoms with Crippen LogP contribution in [0.4, 0.5) is 13.2 Å². The summed E-state index contributed by atoms with van der Waals surface area (Å²) in [5, 5.41) is 11.6. The standard InChI is InChI=1S/C10H17F3N2O2/c11-10(12,13)7-15(5-6-16)9(17)8-3-1-2-4-14-8/h8,14,16H,1-7H2/t8-/m1/s1. The molecule has 1 saturated heterocycles. The predicted molar refractivity (Wildman–Crippen MR) is 55.4 cm³/mol. The van der Waals surface area contributed by atoms with Crippen LogP contribution in [0, 0.1) is 0 Å². The van der Waals surface area contributed by atoms with Gasteiger partial charge in [0.15, 0.2) is 0 Å². The number of aliphatic hydroxyl groups excluding tert-OH is 1. The largest absolute Gasteiger partial charge is 0.406 e. The summed E-state index contributed by atoms with van der Waals surface area (Å²) in [5.41, 5.74) is 0. The maximum atomic E-state index is 12.3. The average Bonchev–Trinajstić information content (AvgIpc) is 2.27. The minimum atomic E-state index is -4.43. The van der Waals surface area contributed by atoms with Crippen LogP contribution < -0.4 is 5.32 Å². The van der Waals surface area contributed by atoms with Gasteiger partial charge in [0.2, 0.25) is 5.91 Å². The molecule has 0 aromatic heterocycles. The molecule has 0 spiro atoms. The van der Waals surface area contributed by atoms with Crippen LogP contribution in [0.1, 0.15) is 19.3 Å². The summed E-state index contributed by atoms with van der Waals surface area (Å²) >= 11 is 0. The first kappa shape index (κ1) is 14.2. The van der Waals surface area contributed by atoms with E-state index in [0.29, 0.717) is 17.9 Å². The SMILES string of the molecule is O=C([C@H]1CCCCN1)N(CCO)CC(F)(F)F. The maximum Gasteiger partial charge on any atom is 0.406 e. The van der Waals surface area contributed by atoms with Gasteiger partial charge in [-0.2, -0.15) is 13.2 Å². The number of carbonyl (C=O) groups is 1. The number of halogens is 3. The van der Waals surface area contributed by atoms with Gasteiger partial charge in [0.05, 0.1) is 12.6 Å². The van der Waals surface area contributed by atoms with E-state index in [1.165, 1.54) is 0 Å². The van der Waals surface area contributed by atoms with E-state index in [4.69, 9.17) is 5.11 Å². The second-order valence-electron chi connectivity index (χ2n) is 4.10. The van der Waals surface area contributed by atoms with E-state index in [1.807, 2.05) is 0 Å². The van der Waals surface area contributed by atoms with E-state index >= 15 is 0 Å². The van der Waals surface area contributed by atoms with Crippen LogP contribution in [0.25, 0.3) is 0 Å². The fourth-order valence-electron chi connectivity index (χ4n) is 1.89. The van der Waals surface area contributed by atoms with Crippen molar-refractivity contribution in [3.05, 3.63) is 0 Å². The monoisotopic (exact) mass is 254 g/mol. The lowest BCUT2D eigenvalue weighted by molar-refractivity contribution is -0.163. The molecule has 2 N–H and O–H groups in total. The summed E-state index contributed by atoms with van der Waals surface area (Å²) in [6.07, 6.45) is -2.11. The molecule has 0 aromatic rings. The molecule has 1 fully saturated rings. The Kier molecular flexibility index (Phi) is 5.20. The maximum absolute atomic E-state index is 12.3. The van der Waals surface area contributed by atoms with Gasteiger partial charge in [-0.25, -0.2) is 0 Å². The Bertz CT molecular complexity index is 252. The van der Waals surface area contributed by atoms with E-state index in [0.717, 1.165) is 12.8 Å². The number of nitrogens with one attached hydrogen (secondary N) is 1. The van der Waals surface area contributed by atoms with Gasteiger partial charge in [-0.15, -0.1) is 0 Å². The van der Waals surface area contributed by atoms with Crippen molar-refractivity contribution < 1.29 is 23.1 Å². The minimum absolute atomic E-state index is 0.281. The first-order chi connectivity index (χ1) is 7.94. The van der Waals surface area contributed by atoms with Crippen LogP contribution in [0.3, 0.4) is 0 Å². The Labute approximate surface area is 97.8 Å². The molecular weight excluding hydrogens is 237 g/mol. The fourth-order valence-corrected chi connectivity index (χ4v) is 1.89. The molecule has 0 unspecified atom stereocenters. The highest BCUT2D eigenvalue weighted by Gasteiger charge is 2.35. The number of hydrogen-bond donors (Lipinski definition) is 2. The summed E-state index contributed by atoms with van der Waals surface area (Å²) in [4.78, 5) is 12.5. The molecule has 1 heterocycles. The molecule has 4 nitrogen and oxygen atoms in total. The molecule has 0 radical (unpaired) electrons. The van der Waals surface area contributed by atoms with Crippen LogP contribution in [-0.2, 0) is 4.79 Å². The first-order valence-corrected chi connectivity index (χ1v) is 5.64. The molecule has 0 aromatic carbocycles. The van der Waals surface area contributed by atoms with E-state index < -0.39 is 31.3 Å². The molecule has 1 atom stereocenters.